The lowest BCUT2D eigenvalue weighted by Gasteiger charge is -2.23. The van der Waals surface area contributed by atoms with E-state index in [1.807, 2.05) is 0 Å². The summed E-state index contributed by atoms with van der Waals surface area (Å²) in [6.07, 6.45) is -1.42. The van der Waals surface area contributed by atoms with E-state index in [0.29, 0.717) is 11.3 Å². The lowest BCUT2D eigenvalue weighted by molar-refractivity contribution is -0.137. The van der Waals surface area contributed by atoms with Crippen LogP contribution < -0.4 is 5.32 Å². The second kappa shape index (κ2) is 5.93. The van der Waals surface area contributed by atoms with E-state index in [1.165, 1.54) is 23.0 Å². The zero-order chi connectivity index (χ0) is 17.3. The van der Waals surface area contributed by atoms with Gasteiger partial charge in [0, 0.05) is 31.0 Å². The molecule has 0 bridgehead atoms. The Morgan fingerprint density at radius 2 is 2.09 bits per heavy atom. The minimum absolute atomic E-state index is 0.0505. The summed E-state index contributed by atoms with van der Waals surface area (Å²) in [6.45, 7) is 1.61. The summed E-state index contributed by atoms with van der Waals surface area (Å²) in [4.78, 5) is 0. The zero-order valence-electron chi connectivity index (χ0n) is 12.5. The molecule has 0 aliphatic rings. The number of alkyl halides is 3. The number of aryl methyl sites for hydroxylation is 1. The molecule has 1 aromatic carbocycles. The summed E-state index contributed by atoms with van der Waals surface area (Å²) in [5.74, 6) is 0. The molecular formula is C15H15F3N4O. The number of nitriles is 1. The maximum atomic E-state index is 12.7. The molecule has 1 heterocycles. The second-order valence-corrected chi connectivity index (χ2v) is 5.40. The summed E-state index contributed by atoms with van der Waals surface area (Å²) in [5.41, 5.74) is -1.82. The second-order valence-electron chi connectivity index (χ2n) is 5.40. The molecule has 0 saturated carbocycles. The van der Waals surface area contributed by atoms with Gasteiger partial charge in [-0.25, -0.2) is 0 Å². The molecule has 1 atom stereocenters. The Morgan fingerprint density at radius 1 is 1.39 bits per heavy atom. The number of hydrogen-bond acceptors (Lipinski definition) is 4. The van der Waals surface area contributed by atoms with Crippen molar-refractivity contribution in [3.8, 4) is 6.07 Å². The molecule has 1 aromatic heterocycles. The summed E-state index contributed by atoms with van der Waals surface area (Å²) in [5, 5.41) is 26.1. The van der Waals surface area contributed by atoms with Crippen LogP contribution in [0.5, 0.6) is 0 Å². The van der Waals surface area contributed by atoms with Gasteiger partial charge in [-0.1, -0.05) is 0 Å². The molecule has 0 spiro atoms. The molecule has 0 radical (unpaired) electrons. The number of halogens is 3. The van der Waals surface area contributed by atoms with Crippen molar-refractivity contribution in [1.29, 1.82) is 5.26 Å². The number of aliphatic hydroxyl groups is 1. The number of nitrogens with one attached hydrogen (secondary N) is 1. The fourth-order valence-electron chi connectivity index (χ4n) is 2.07. The fraction of sp³-hybridized carbons (Fsp3) is 0.333. The Kier molecular flexibility index (Phi) is 4.34. The number of anilines is 1. The van der Waals surface area contributed by atoms with E-state index in [1.54, 1.807) is 20.2 Å². The van der Waals surface area contributed by atoms with Crippen molar-refractivity contribution < 1.29 is 18.3 Å². The van der Waals surface area contributed by atoms with Crippen LogP contribution in [0.25, 0.3) is 0 Å². The van der Waals surface area contributed by atoms with Gasteiger partial charge in [-0.2, -0.15) is 23.5 Å². The minimum Gasteiger partial charge on any atom is -0.383 e. The van der Waals surface area contributed by atoms with Gasteiger partial charge in [0.05, 0.1) is 23.4 Å². The SMILES string of the molecule is Cn1cc([C@@](C)(O)CNc2ccc(C(F)(F)F)c(C#N)c2)cn1. The number of nitrogens with zero attached hydrogens (tertiary/aromatic N) is 3. The molecule has 122 valence electrons. The highest BCUT2D eigenvalue weighted by atomic mass is 19.4. The van der Waals surface area contributed by atoms with E-state index in [0.717, 1.165) is 12.1 Å². The first kappa shape index (κ1) is 16.8. The van der Waals surface area contributed by atoms with Crippen LogP contribution in [0.4, 0.5) is 18.9 Å². The normalized spacial score (nSPS) is 14.1. The zero-order valence-corrected chi connectivity index (χ0v) is 12.5. The monoisotopic (exact) mass is 324 g/mol. The standard InChI is InChI=1S/C15H15F3N4O/c1-14(23,11-7-21-22(2)8-11)9-20-12-3-4-13(15(16,17)18)10(5-12)6-19/h3-5,7-8,20,23H,9H2,1-2H3/t14-/m0/s1. The van der Waals surface area contributed by atoms with Crippen LogP contribution in [0.1, 0.15) is 23.6 Å². The van der Waals surface area contributed by atoms with Crippen LogP contribution >= 0.6 is 0 Å². The van der Waals surface area contributed by atoms with E-state index in [9.17, 15) is 18.3 Å². The van der Waals surface area contributed by atoms with Crippen LogP contribution in [-0.4, -0.2) is 21.4 Å². The van der Waals surface area contributed by atoms with Gasteiger partial charge in [-0.15, -0.1) is 0 Å². The summed E-state index contributed by atoms with van der Waals surface area (Å²) in [6, 6.07) is 4.72. The maximum absolute atomic E-state index is 12.7. The molecule has 0 saturated heterocycles. The Labute approximate surface area is 131 Å². The van der Waals surface area contributed by atoms with Crippen LogP contribution in [0.15, 0.2) is 30.6 Å². The van der Waals surface area contributed by atoms with E-state index in [2.05, 4.69) is 10.4 Å². The van der Waals surface area contributed by atoms with Gasteiger partial charge in [0.25, 0.3) is 0 Å². The lowest BCUT2D eigenvalue weighted by Crippen LogP contribution is -2.30. The highest BCUT2D eigenvalue weighted by Crippen LogP contribution is 2.33. The third-order valence-electron chi connectivity index (χ3n) is 3.41. The van der Waals surface area contributed by atoms with Crippen LogP contribution in [0, 0.1) is 11.3 Å². The number of aromatic nitrogens is 2. The molecule has 2 aromatic rings. The quantitative estimate of drug-likeness (QED) is 0.907. The molecule has 23 heavy (non-hydrogen) atoms. The fourth-order valence-corrected chi connectivity index (χ4v) is 2.07. The Morgan fingerprint density at radius 3 is 2.61 bits per heavy atom. The topological polar surface area (TPSA) is 73.9 Å². The van der Waals surface area contributed by atoms with Gasteiger partial charge in [0.15, 0.2) is 0 Å². The van der Waals surface area contributed by atoms with E-state index in [4.69, 9.17) is 5.26 Å². The smallest absolute Gasteiger partial charge is 0.383 e. The number of hydrogen-bond donors (Lipinski definition) is 2. The minimum atomic E-state index is -4.58. The number of benzene rings is 1. The molecule has 2 rings (SSSR count). The molecule has 0 aliphatic heterocycles. The third kappa shape index (κ3) is 3.81. The average Bonchev–Trinajstić information content (AvgIpc) is 2.91. The van der Waals surface area contributed by atoms with E-state index >= 15 is 0 Å². The predicted molar refractivity (Wildman–Crippen MR) is 77.4 cm³/mol. The van der Waals surface area contributed by atoms with Crippen LogP contribution in [0.3, 0.4) is 0 Å². The maximum Gasteiger partial charge on any atom is 0.417 e. The van der Waals surface area contributed by atoms with Crippen molar-refractivity contribution in [2.24, 2.45) is 7.05 Å². The first-order chi connectivity index (χ1) is 10.6. The van der Waals surface area contributed by atoms with Gasteiger partial charge < -0.3 is 10.4 Å². The van der Waals surface area contributed by atoms with Crippen molar-refractivity contribution in [3.05, 3.63) is 47.3 Å². The van der Waals surface area contributed by atoms with Gasteiger partial charge in [-0.05, 0) is 25.1 Å². The molecular weight excluding hydrogens is 309 g/mol. The first-order valence-corrected chi connectivity index (χ1v) is 6.70. The molecule has 0 fully saturated rings. The van der Waals surface area contributed by atoms with E-state index in [-0.39, 0.29) is 6.54 Å². The summed E-state index contributed by atoms with van der Waals surface area (Å²) >= 11 is 0. The van der Waals surface area contributed by atoms with Crippen molar-refractivity contribution in [3.63, 3.8) is 0 Å². The van der Waals surface area contributed by atoms with Gasteiger partial charge in [0.2, 0.25) is 0 Å². The molecule has 2 N–H and O–H groups in total. The Balaban J connectivity index is 2.17. The van der Waals surface area contributed by atoms with Gasteiger partial charge >= 0.3 is 6.18 Å². The van der Waals surface area contributed by atoms with Crippen molar-refractivity contribution >= 4 is 5.69 Å². The molecule has 8 heteroatoms. The van der Waals surface area contributed by atoms with Crippen molar-refractivity contribution in [1.82, 2.24) is 9.78 Å². The van der Waals surface area contributed by atoms with Crippen LogP contribution in [-0.2, 0) is 18.8 Å². The highest BCUT2D eigenvalue weighted by molar-refractivity contribution is 5.54. The first-order valence-electron chi connectivity index (χ1n) is 6.70. The lowest BCUT2D eigenvalue weighted by atomic mass is 9.99. The predicted octanol–water partition coefficient (Wildman–Crippen LogP) is 2.63. The van der Waals surface area contributed by atoms with Gasteiger partial charge in [-0.3, -0.25) is 4.68 Å². The van der Waals surface area contributed by atoms with Crippen molar-refractivity contribution in [2.45, 2.75) is 18.7 Å². The van der Waals surface area contributed by atoms with Crippen molar-refractivity contribution in [2.75, 3.05) is 11.9 Å². The molecule has 5 nitrogen and oxygen atoms in total. The van der Waals surface area contributed by atoms with E-state index < -0.39 is 22.9 Å². The Bertz CT molecular complexity index is 744. The molecule has 0 aliphatic carbocycles. The molecule has 0 amide bonds. The highest BCUT2D eigenvalue weighted by Gasteiger charge is 2.33. The van der Waals surface area contributed by atoms with Crippen LogP contribution in [0.2, 0.25) is 0 Å². The number of rotatable bonds is 4. The summed E-state index contributed by atoms with van der Waals surface area (Å²) in [7, 11) is 1.71. The third-order valence-corrected chi connectivity index (χ3v) is 3.41. The Hall–Kier alpha value is -2.53. The largest absolute Gasteiger partial charge is 0.417 e. The molecule has 0 unspecified atom stereocenters. The average molecular weight is 324 g/mol. The summed E-state index contributed by atoms with van der Waals surface area (Å²) < 4.78 is 39.8. The van der Waals surface area contributed by atoms with Gasteiger partial charge in [0.1, 0.15) is 5.60 Å².